The highest BCUT2D eigenvalue weighted by molar-refractivity contribution is 7.88. The Bertz CT molecular complexity index is 627. The summed E-state index contributed by atoms with van der Waals surface area (Å²) in [5.74, 6) is 0.852. The van der Waals surface area contributed by atoms with Gasteiger partial charge in [0, 0.05) is 37.9 Å². The fourth-order valence-corrected chi connectivity index (χ4v) is 3.94. The fourth-order valence-electron chi connectivity index (χ4n) is 3.06. The van der Waals surface area contributed by atoms with E-state index in [0.717, 1.165) is 6.42 Å². The van der Waals surface area contributed by atoms with Crippen molar-refractivity contribution in [3.63, 3.8) is 0 Å². The molecule has 1 N–H and O–H groups in total. The summed E-state index contributed by atoms with van der Waals surface area (Å²) in [5, 5.41) is 3.19. The Morgan fingerprint density at radius 2 is 2.22 bits per heavy atom. The maximum absolute atomic E-state index is 11.9. The second-order valence-corrected chi connectivity index (χ2v) is 8.15. The quantitative estimate of drug-likeness (QED) is 0.820. The first-order chi connectivity index (χ1) is 11.0. The molecule has 8 nitrogen and oxygen atoms in total. The lowest BCUT2D eigenvalue weighted by molar-refractivity contribution is -0.0511. The molecule has 0 radical (unpaired) electrons. The van der Waals surface area contributed by atoms with Crippen molar-refractivity contribution in [3.8, 4) is 0 Å². The molecule has 2 saturated heterocycles. The molecule has 128 valence electrons. The number of aromatic nitrogens is 2. The summed E-state index contributed by atoms with van der Waals surface area (Å²) in [7, 11) is -3.25. The molecule has 0 saturated carbocycles. The molecule has 23 heavy (non-hydrogen) atoms. The number of ether oxygens (including phenoxy) is 2. The summed E-state index contributed by atoms with van der Waals surface area (Å²) in [5.41, 5.74) is -0.552. The molecule has 0 bridgehead atoms. The van der Waals surface area contributed by atoms with E-state index in [-0.39, 0.29) is 5.92 Å². The van der Waals surface area contributed by atoms with Crippen molar-refractivity contribution in [2.75, 3.05) is 51.0 Å². The smallest absolute Gasteiger partial charge is 0.222 e. The lowest BCUT2D eigenvalue weighted by Crippen LogP contribution is -2.46. The highest BCUT2D eigenvalue weighted by Gasteiger charge is 2.44. The highest BCUT2D eigenvalue weighted by atomic mass is 32.2. The molecule has 1 spiro atoms. The molecule has 1 aromatic rings. The maximum Gasteiger partial charge on any atom is 0.222 e. The van der Waals surface area contributed by atoms with Gasteiger partial charge in [0.1, 0.15) is 5.60 Å². The van der Waals surface area contributed by atoms with Crippen molar-refractivity contribution in [1.82, 2.24) is 14.3 Å². The summed E-state index contributed by atoms with van der Waals surface area (Å²) in [6.45, 7) is 2.82. The molecule has 9 heteroatoms. The topological polar surface area (TPSA) is 93.7 Å². The van der Waals surface area contributed by atoms with Gasteiger partial charge in [-0.3, -0.25) is 0 Å². The summed E-state index contributed by atoms with van der Waals surface area (Å²) < 4.78 is 36.7. The average Bonchev–Trinajstić information content (AvgIpc) is 2.78. The number of hydrogen-bond acceptors (Lipinski definition) is 7. The van der Waals surface area contributed by atoms with Crippen LogP contribution in [0.4, 0.5) is 5.95 Å². The molecule has 2 aliphatic heterocycles. The third-order valence-electron chi connectivity index (χ3n) is 4.18. The molecule has 3 heterocycles. The van der Waals surface area contributed by atoms with E-state index < -0.39 is 15.6 Å². The van der Waals surface area contributed by atoms with Crippen LogP contribution < -0.4 is 5.32 Å². The molecule has 1 aromatic heterocycles. The Labute approximate surface area is 136 Å². The van der Waals surface area contributed by atoms with Crippen LogP contribution in [0.3, 0.4) is 0 Å². The standard InChI is InChI=1S/C14H22N4O4S/c1-23(19,20)18-5-6-21-11-14(10-18)7-12(9-22-14)8-17-13-15-3-2-4-16-13/h2-4,12H,5-11H2,1H3,(H,15,16,17)/t12-,14+/m1/s1. The van der Waals surface area contributed by atoms with Crippen LogP contribution in [-0.2, 0) is 19.5 Å². The predicted molar refractivity (Wildman–Crippen MR) is 84.5 cm³/mol. The number of nitrogens with one attached hydrogen (secondary N) is 1. The third kappa shape index (κ3) is 4.17. The van der Waals surface area contributed by atoms with Gasteiger partial charge in [-0.05, 0) is 12.5 Å². The molecular formula is C14H22N4O4S. The first-order valence-corrected chi connectivity index (χ1v) is 9.49. The van der Waals surface area contributed by atoms with Gasteiger partial charge >= 0.3 is 0 Å². The third-order valence-corrected chi connectivity index (χ3v) is 5.43. The first kappa shape index (κ1) is 16.6. The molecular weight excluding hydrogens is 320 g/mol. The van der Waals surface area contributed by atoms with Crippen molar-refractivity contribution >= 4 is 16.0 Å². The first-order valence-electron chi connectivity index (χ1n) is 7.65. The predicted octanol–water partition coefficient (Wildman–Crippen LogP) is -0.0444. The van der Waals surface area contributed by atoms with Gasteiger partial charge in [0.25, 0.3) is 0 Å². The maximum atomic E-state index is 11.9. The van der Waals surface area contributed by atoms with Crippen molar-refractivity contribution in [2.45, 2.75) is 12.0 Å². The van der Waals surface area contributed by atoms with Crippen LogP contribution in [0, 0.1) is 5.92 Å². The lowest BCUT2D eigenvalue weighted by atomic mass is 9.95. The minimum Gasteiger partial charge on any atom is -0.377 e. The molecule has 0 aliphatic carbocycles. The number of anilines is 1. The molecule has 3 rings (SSSR count). The molecule has 0 aromatic carbocycles. The second-order valence-electron chi connectivity index (χ2n) is 6.17. The van der Waals surface area contributed by atoms with Crippen LogP contribution in [0.5, 0.6) is 0 Å². The van der Waals surface area contributed by atoms with Crippen molar-refractivity contribution in [2.24, 2.45) is 5.92 Å². The van der Waals surface area contributed by atoms with Gasteiger partial charge in [-0.15, -0.1) is 0 Å². The Morgan fingerprint density at radius 3 is 2.96 bits per heavy atom. The van der Waals surface area contributed by atoms with Crippen LogP contribution in [0.1, 0.15) is 6.42 Å². The largest absolute Gasteiger partial charge is 0.377 e. The van der Waals surface area contributed by atoms with Crippen molar-refractivity contribution in [3.05, 3.63) is 18.5 Å². The Kier molecular flexibility index (Phi) is 4.81. The van der Waals surface area contributed by atoms with Gasteiger partial charge in [0.2, 0.25) is 16.0 Å². The molecule has 2 fully saturated rings. The fraction of sp³-hybridized carbons (Fsp3) is 0.714. The van der Waals surface area contributed by atoms with E-state index in [4.69, 9.17) is 9.47 Å². The van der Waals surface area contributed by atoms with Crippen LogP contribution in [-0.4, -0.2) is 74.0 Å². The van der Waals surface area contributed by atoms with Crippen molar-refractivity contribution < 1.29 is 17.9 Å². The van der Waals surface area contributed by atoms with Gasteiger partial charge in [-0.25, -0.2) is 18.4 Å². The van der Waals surface area contributed by atoms with E-state index in [1.165, 1.54) is 10.6 Å². The van der Waals surface area contributed by atoms with Gasteiger partial charge in [0.15, 0.2) is 0 Å². The molecule has 0 unspecified atom stereocenters. The van der Waals surface area contributed by atoms with Gasteiger partial charge in [-0.1, -0.05) is 0 Å². The van der Waals surface area contributed by atoms with E-state index in [0.29, 0.717) is 45.4 Å². The van der Waals surface area contributed by atoms with E-state index >= 15 is 0 Å². The van der Waals surface area contributed by atoms with Gasteiger partial charge in [0.05, 0.1) is 26.1 Å². The van der Waals surface area contributed by atoms with E-state index in [9.17, 15) is 8.42 Å². The minimum atomic E-state index is -3.25. The van der Waals surface area contributed by atoms with Gasteiger partial charge in [-0.2, -0.15) is 4.31 Å². The normalized spacial score (nSPS) is 29.5. The molecule has 2 aliphatic rings. The number of sulfonamides is 1. The minimum absolute atomic E-state index is 0.266. The summed E-state index contributed by atoms with van der Waals surface area (Å²) in [6, 6.07) is 1.77. The second kappa shape index (κ2) is 6.68. The van der Waals surface area contributed by atoms with Crippen LogP contribution in [0.2, 0.25) is 0 Å². The van der Waals surface area contributed by atoms with Crippen LogP contribution >= 0.6 is 0 Å². The van der Waals surface area contributed by atoms with Gasteiger partial charge < -0.3 is 14.8 Å². The zero-order valence-corrected chi connectivity index (χ0v) is 14.0. The Hall–Kier alpha value is -1.29. The zero-order valence-electron chi connectivity index (χ0n) is 13.1. The van der Waals surface area contributed by atoms with Crippen LogP contribution in [0.25, 0.3) is 0 Å². The monoisotopic (exact) mass is 342 g/mol. The SMILES string of the molecule is CS(=O)(=O)N1CCOC[C@]2(C[C@H](CNc3ncccn3)CO2)C1. The number of nitrogens with zero attached hydrogens (tertiary/aromatic N) is 3. The van der Waals surface area contributed by atoms with Crippen LogP contribution in [0.15, 0.2) is 18.5 Å². The summed E-state index contributed by atoms with van der Waals surface area (Å²) in [6.07, 6.45) is 5.35. The Balaban J connectivity index is 1.60. The van der Waals surface area contributed by atoms with E-state index in [1.54, 1.807) is 18.5 Å². The zero-order chi connectivity index (χ0) is 16.3. The average molecular weight is 342 g/mol. The van der Waals surface area contributed by atoms with E-state index in [1.807, 2.05) is 0 Å². The number of rotatable bonds is 4. The van der Waals surface area contributed by atoms with E-state index in [2.05, 4.69) is 15.3 Å². The Morgan fingerprint density at radius 1 is 1.43 bits per heavy atom. The summed E-state index contributed by atoms with van der Waals surface area (Å²) >= 11 is 0. The lowest BCUT2D eigenvalue weighted by Gasteiger charge is -2.29. The molecule has 0 amide bonds. The summed E-state index contributed by atoms with van der Waals surface area (Å²) in [4.78, 5) is 8.26. The highest BCUT2D eigenvalue weighted by Crippen LogP contribution is 2.33. The number of hydrogen-bond donors (Lipinski definition) is 1. The molecule has 2 atom stereocenters. The van der Waals surface area contributed by atoms with Crippen molar-refractivity contribution in [1.29, 1.82) is 0 Å².